The average Bonchev–Trinajstić information content (AvgIpc) is 3.06. The summed E-state index contributed by atoms with van der Waals surface area (Å²) < 4.78 is 1.63. The molecule has 0 spiro atoms. The summed E-state index contributed by atoms with van der Waals surface area (Å²) in [4.78, 5) is 34.6. The molecule has 8 heteroatoms. The second-order valence-corrected chi connectivity index (χ2v) is 8.52. The smallest absolute Gasteiger partial charge is 0.262 e. The highest BCUT2D eigenvalue weighted by atomic mass is 32.2. The lowest BCUT2D eigenvalue weighted by Gasteiger charge is -2.32. The van der Waals surface area contributed by atoms with Crippen molar-refractivity contribution in [3.05, 3.63) is 46.9 Å². The van der Waals surface area contributed by atoms with E-state index < -0.39 is 0 Å². The van der Waals surface area contributed by atoms with E-state index in [1.54, 1.807) is 4.68 Å². The Morgan fingerprint density at radius 3 is 2.36 bits per heavy atom. The third-order valence-corrected chi connectivity index (χ3v) is 5.39. The summed E-state index contributed by atoms with van der Waals surface area (Å²) in [5, 5.41) is 4.75. The van der Waals surface area contributed by atoms with Crippen LogP contribution in [0.15, 0.2) is 46.5 Å². The Morgan fingerprint density at radius 2 is 1.75 bits per heavy atom. The zero-order valence-corrected chi connectivity index (χ0v) is 17.5. The van der Waals surface area contributed by atoms with E-state index in [0.29, 0.717) is 16.2 Å². The van der Waals surface area contributed by atoms with Crippen LogP contribution in [-0.4, -0.2) is 47.9 Å². The summed E-state index contributed by atoms with van der Waals surface area (Å²) in [6.45, 7) is 9.84. The number of carbonyl (C=O) groups excluding carboxylic acids is 1. The number of thioether (sulfide) groups is 1. The summed E-state index contributed by atoms with van der Waals surface area (Å²) in [5.74, 6) is 0.0225. The lowest BCUT2D eigenvalue weighted by molar-refractivity contribution is -0.133. The van der Waals surface area contributed by atoms with Crippen LogP contribution >= 0.6 is 11.8 Å². The van der Waals surface area contributed by atoms with Crippen molar-refractivity contribution in [3.8, 4) is 5.69 Å². The second-order valence-electron chi connectivity index (χ2n) is 7.19. The first-order valence-corrected chi connectivity index (χ1v) is 10.2. The molecule has 28 heavy (non-hydrogen) atoms. The number of H-pyrrole nitrogens is 1. The second kappa shape index (κ2) is 8.18. The molecule has 0 saturated heterocycles. The van der Waals surface area contributed by atoms with E-state index in [-0.39, 0.29) is 28.8 Å². The molecular formula is C20H25N5O2S. The van der Waals surface area contributed by atoms with Gasteiger partial charge in [0.15, 0.2) is 10.8 Å². The van der Waals surface area contributed by atoms with Crippen LogP contribution in [-0.2, 0) is 4.79 Å². The maximum Gasteiger partial charge on any atom is 0.262 e. The number of nitrogens with zero attached hydrogens (tertiary/aromatic N) is 4. The lowest BCUT2D eigenvalue weighted by Crippen LogP contribution is -2.45. The predicted octanol–water partition coefficient (Wildman–Crippen LogP) is 3.23. The summed E-state index contributed by atoms with van der Waals surface area (Å²) in [5.41, 5.74) is 1.03. The number of benzene rings is 1. The Balaban J connectivity index is 1.94. The number of nitrogens with one attached hydrogen (secondary N) is 1. The number of aromatic amines is 1. The standard InChI is InChI=1S/C20H25N5O2S/c1-12(2)24(13(3)4)19(27)14(5)28-20-22-17-16(18(26)23-20)11-21-25(17)15-9-7-6-8-10-15/h6-14H,1-5H3,(H,22,23,26)/t14-/m1/s1. The molecule has 0 unspecified atom stereocenters. The molecule has 1 amide bonds. The van der Waals surface area contributed by atoms with Gasteiger partial charge in [-0.1, -0.05) is 30.0 Å². The average molecular weight is 400 g/mol. The highest BCUT2D eigenvalue weighted by Crippen LogP contribution is 2.24. The lowest BCUT2D eigenvalue weighted by atomic mass is 10.2. The van der Waals surface area contributed by atoms with Gasteiger partial charge < -0.3 is 9.88 Å². The number of carbonyl (C=O) groups is 1. The topological polar surface area (TPSA) is 83.9 Å². The normalized spacial score (nSPS) is 12.7. The van der Waals surface area contributed by atoms with Gasteiger partial charge in [0.2, 0.25) is 5.91 Å². The molecule has 0 aliphatic rings. The Labute approximate surface area is 168 Å². The molecule has 1 aromatic carbocycles. The fourth-order valence-corrected chi connectivity index (χ4v) is 4.09. The van der Waals surface area contributed by atoms with E-state index in [2.05, 4.69) is 15.1 Å². The fourth-order valence-electron chi connectivity index (χ4n) is 3.25. The molecule has 0 fully saturated rings. The molecule has 1 N–H and O–H groups in total. The molecule has 2 heterocycles. The van der Waals surface area contributed by atoms with Crippen LogP contribution in [0.5, 0.6) is 0 Å². The SMILES string of the molecule is CC(C)N(C(=O)[C@@H](C)Sc1nc2c(cnn2-c2ccccc2)c(=O)[nH]1)C(C)C. The maximum atomic E-state index is 12.9. The Morgan fingerprint density at radius 1 is 1.11 bits per heavy atom. The molecule has 0 aliphatic carbocycles. The van der Waals surface area contributed by atoms with Gasteiger partial charge in [0.1, 0.15) is 5.39 Å². The molecular weight excluding hydrogens is 374 g/mol. The Hall–Kier alpha value is -2.61. The fraction of sp³-hybridized carbons (Fsp3) is 0.400. The first-order valence-electron chi connectivity index (χ1n) is 9.32. The molecule has 3 rings (SSSR count). The van der Waals surface area contributed by atoms with Crippen molar-refractivity contribution in [1.82, 2.24) is 24.6 Å². The van der Waals surface area contributed by atoms with Gasteiger partial charge in [-0.15, -0.1) is 0 Å². The largest absolute Gasteiger partial charge is 0.337 e. The zero-order valence-electron chi connectivity index (χ0n) is 16.7. The van der Waals surface area contributed by atoms with Gasteiger partial charge in [-0.25, -0.2) is 9.67 Å². The van der Waals surface area contributed by atoms with Crippen molar-refractivity contribution >= 4 is 28.7 Å². The minimum absolute atomic E-state index is 0.0225. The van der Waals surface area contributed by atoms with E-state index in [1.807, 2.05) is 69.9 Å². The summed E-state index contributed by atoms with van der Waals surface area (Å²) in [6.07, 6.45) is 1.51. The quantitative estimate of drug-likeness (QED) is 0.508. The van der Waals surface area contributed by atoms with Crippen LogP contribution in [0.1, 0.15) is 34.6 Å². The molecule has 0 aliphatic heterocycles. The van der Waals surface area contributed by atoms with Gasteiger partial charge in [-0.2, -0.15) is 5.10 Å². The molecule has 0 bridgehead atoms. The first-order chi connectivity index (χ1) is 13.3. The predicted molar refractivity (Wildman–Crippen MR) is 112 cm³/mol. The highest BCUT2D eigenvalue weighted by Gasteiger charge is 2.26. The maximum absolute atomic E-state index is 12.9. The number of fused-ring (bicyclic) bond motifs is 1. The van der Waals surface area contributed by atoms with Crippen molar-refractivity contribution in [1.29, 1.82) is 0 Å². The van der Waals surface area contributed by atoms with Crippen LogP contribution in [0, 0.1) is 0 Å². The number of para-hydroxylation sites is 1. The van der Waals surface area contributed by atoms with E-state index in [0.717, 1.165) is 5.69 Å². The molecule has 0 saturated carbocycles. The molecule has 2 aromatic heterocycles. The van der Waals surface area contributed by atoms with Crippen LogP contribution < -0.4 is 5.56 Å². The van der Waals surface area contributed by atoms with Crippen molar-refractivity contribution < 1.29 is 4.79 Å². The highest BCUT2D eigenvalue weighted by molar-refractivity contribution is 8.00. The van der Waals surface area contributed by atoms with E-state index in [1.165, 1.54) is 18.0 Å². The van der Waals surface area contributed by atoms with Crippen molar-refractivity contribution in [2.24, 2.45) is 0 Å². The van der Waals surface area contributed by atoms with Gasteiger partial charge in [-0.3, -0.25) is 9.59 Å². The Kier molecular flexibility index (Phi) is 5.88. The van der Waals surface area contributed by atoms with E-state index >= 15 is 0 Å². The minimum Gasteiger partial charge on any atom is -0.337 e. The number of amides is 1. The van der Waals surface area contributed by atoms with Gasteiger partial charge in [0, 0.05) is 12.1 Å². The third-order valence-electron chi connectivity index (χ3n) is 4.42. The molecule has 0 radical (unpaired) electrons. The Bertz CT molecular complexity index is 1020. The van der Waals surface area contributed by atoms with Crippen LogP contribution in [0.25, 0.3) is 16.7 Å². The van der Waals surface area contributed by atoms with Gasteiger partial charge >= 0.3 is 0 Å². The van der Waals surface area contributed by atoms with E-state index in [4.69, 9.17) is 0 Å². The van der Waals surface area contributed by atoms with Crippen molar-refractivity contribution in [2.45, 2.75) is 57.1 Å². The summed E-state index contributed by atoms with van der Waals surface area (Å²) >= 11 is 1.25. The number of hydrogen-bond acceptors (Lipinski definition) is 5. The number of aromatic nitrogens is 4. The summed E-state index contributed by atoms with van der Waals surface area (Å²) in [7, 11) is 0. The molecule has 3 aromatic rings. The van der Waals surface area contributed by atoms with Gasteiger partial charge in [-0.05, 0) is 46.8 Å². The van der Waals surface area contributed by atoms with Crippen molar-refractivity contribution in [2.75, 3.05) is 0 Å². The third kappa shape index (κ3) is 3.96. The van der Waals surface area contributed by atoms with Crippen LogP contribution in [0.4, 0.5) is 0 Å². The van der Waals surface area contributed by atoms with Crippen LogP contribution in [0.3, 0.4) is 0 Å². The first kappa shape index (κ1) is 20.1. The number of rotatable bonds is 6. The monoisotopic (exact) mass is 399 g/mol. The molecule has 1 atom stereocenters. The van der Waals surface area contributed by atoms with Crippen molar-refractivity contribution in [3.63, 3.8) is 0 Å². The minimum atomic E-state index is -0.376. The zero-order chi connectivity index (χ0) is 20.4. The van der Waals surface area contributed by atoms with E-state index in [9.17, 15) is 9.59 Å². The van der Waals surface area contributed by atoms with Gasteiger partial charge in [0.25, 0.3) is 5.56 Å². The summed E-state index contributed by atoms with van der Waals surface area (Å²) in [6, 6.07) is 9.72. The van der Waals surface area contributed by atoms with Crippen LogP contribution in [0.2, 0.25) is 0 Å². The van der Waals surface area contributed by atoms with Gasteiger partial charge in [0.05, 0.1) is 17.1 Å². The number of hydrogen-bond donors (Lipinski definition) is 1. The molecule has 7 nitrogen and oxygen atoms in total. The molecule has 148 valence electrons.